The summed E-state index contributed by atoms with van der Waals surface area (Å²) in [6.07, 6.45) is 3.14. The summed E-state index contributed by atoms with van der Waals surface area (Å²) in [5.41, 5.74) is 2.03. The molecule has 0 aliphatic rings. The Morgan fingerprint density at radius 1 is 0.944 bits per heavy atom. The van der Waals surface area contributed by atoms with Gasteiger partial charge in [-0.05, 0) is 36.1 Å². The van der Waals surface area contributed by atoms with Crippen LogP contribution in [0, 0.1) is 0 Å². The van der Waals surface area contributed by atoms with Crippen molar-refractivity contribution in [2.75, 3.05) is 6.54 Å². The average molecular weight is 516 g/mol. The minimum atomic E-state index is -0.515. The zero-order valence-electron chi connectivity index (χ0n) is 20.5. The van der Waals surface area contributed by atoms with E-state index in [1.807, 2.05) is 42.5 Å². The zero-order chi connectivity index (χ0) is 24.8. The molecule has 2 aromatic heterocycles. The summed E-state index contributed by atoms with van der Waals surface area (Å²) in [6, 6.07) is 17.3. The second-order valence-electron chi connectivity index (χ2n) is 8.32. The molecule has 182 valence electrons. The van der Waals surface area contributed by atoms with E-state index in [0.29, 0.717) is 25.1 Å². The number of carbonyl (C=O) groups excluding carboxylic acids is 1. The minimum Gasteiger partial charge on any atom is -0.420 e. The average Bonchev–Trinajstić information content (AvgIpc) is 3.27. The molecule has 1 N–H and O–H groups in total. The largest absolute Gasteiger partial charge is 1.00 e. The van der Waals surface area contributed by atoms with E-state index in [0.717, 1.165) is 35.0 Å². The van der Waals surface area contributed by atoms with Gasteiger partial charge in [-0.3, -0.25) is 18.7 Å². The maximum absolute atomic E-state index is 13.0. The van der Waals surface area contributed by atoms with Crippen LogP contribution in [-0.2, 0) is 13.1 Å². The fourth-order valence-corrected chi connectivity index (χ4v) is 4.16. The van der Waals surface area contributed by atoms with Crippen LogP contribution in [0.15, 0.2) is 64.2 Å². The molecular formula is C26H27ClN5NaO3. The van der Waals surface area contributed by atoms with Crippen LogP contribution in [0.2, 0.25) is 5.28 Å². The summed E-state index contributed by atoms with van der Waals surface area (Å²) < 4.78 is 2.62. The second-order valence-corrected chi connectivity index (χ2v) is 8.65. The van der Waals surface area contributed by atoms with Crippen LogP contribution < -0.4 is 51.1 Å². The summed E-state index contributed by atoms with van der Waals surface area (Å²) in [7, 11) is 0. The first-order valence-corrected chi connectivity index (χ1v) is 12.1. The number of nitrogens with one attached hydrogen (secondary N) is 1. The van der Waals surface area contributed by atoms with Gasteiger partial charge in [0.05, 0.1) is 0 Å². The molecular weight excluding hydrogens is 489 g/mol. The summed E-state index contributed by atoms with van der Waals surface area (Å²) >= 11 is 5.92. The number of unbranched alkanes of at least 4 members (excludes halogenated alkanes) is 2. The van der Waals surface area contributed by atoms with Gasteiger partial charge in [0.2, 0.25) is 0 Å². The van der Waals surface area contributed by atoms with Crippen LogP contribution in [0.25, 0.3) is 22.3 Å². The van der Waals surface area contributed by atoms with E-state index >= 15 is 0 Å². The van der Waals surface area contributed by atoms with Crippen molar-refractivity contribution >= 4 is 28.7 Å². The third kappa shape index (κ3) is 6.37. The number of amides is 1. The smallest absolute Gasteiger partial charge is 0.420 e. The number of fused-ring (bicyclic) bond motifs is 1. The van der Waals surface area contributed by atoms with Crippen LogP contribution in [0.3, 0.4) is 0 Å². The van der Waals surface area contributed by atoms with Gasteiger partial charge in [0.1, 0.15) is 0 Å². The molecule has 4 aromatic rings. The number of aryl methyl sites for hydroxylation is 1. The summed E-state index contributed by atoms with van der Waals surface area (Å²) in [4.78, 5) is 46.5. The fraction of sp³-hybridized carbons (Fsp3) is 0.308. The quantitative estimate of drug-likeness (QED) is 0.192. The maximum atomic E-state index is 13.0. The van der Waals surface area contributed by atoms with E-state index in [4.69, 9.17) is 11.6 Å². The van der Waals surface area contributed by atoms with E-state index in [1.165, 1.54) is 4.57 Å². The van der Waals surface area contributed by atoms with Gasteiger partial charge >= 0.3 is 35.2 Å². The molecule has 36 heavy (non-hydrogen) atoms. The molecule has 8 nitrogen and oxygen atoms in total. The normalized spacial score (nSPS) is 10.8. The van der Waals surface area contributed by atoms with Gasteiger partial charge in [0.15, 0.2) is 0 Å². The molecule has 1 amide bonds. The van der Waals surface area contributed by atoms with Crippen molar-refractivity contribution in [2.45, 2.75) is 45.7 Å². The van der Waals surface area contributed by atoms with Crippen molar-refractivity contribution in [1.29, 1.82) is 0 Å². The third-order valence-electron chi connectivity index (χ3n) is 5.86. The first kappa shape index (κ1) is 27.9. The molecule has 4 rings (SSSR count). The number of imidazole rings is 1. The number of carbonyl (C=O) groups is 1. The molecule has 0 saturated carbocycles. The Balaban J connectivity index is 0.00000361. The number of nitrogens with zero attached hydrogens (tertiary/aromatic N) is 4. The molecule has 0 radical (unpaired) electrons. The predicted octanol–water partition coefficient (Wildman–Crippen LogP) is 0.850. The topological polar surface area (TPSA) is 100 Å². The van der Waals surface area contributed by atoms with Crippen LogP contribution in [-0.4, -0.2) is 26.6 Å². The number of halogens is 1. The molecule has 2 aromatic carbocycles. The van der Waals surface area contributed by atoms with Gasteiger partial charge in [0, 0.05) is 41.6 Å². The molecule has 10 heteroatoms. The van der Waals surface area contributed by atoms with Crippen molar-refractivity contribution in [3.63, 3.8) is 0 Å². The summed E-state index contributed by atoms with van der Waals surface area (Å²) in [5, 5.41) is 2.80. The van der Waals surface area contributed by atoms with Gasteiger partial charge in [-0.1, -0.05) is 73.8 Å². The van der Waals surface area contributed by atoms with Crippen LogP contribution in [0.4, 0.5) is 0 Å². The SMILES string of the molecule is CCCCCn1c(=O)n(CCCNC(=O)c2ccc(-c3ccccc3)cc2)c(=O)c2[n-]c(Cl)nc21.[Na+]. The number of rotatable bonds is 10. The first-order chi connectivity index (χ1) is 17.0. The molecule has 0 atom stereocenters. The molecule has 2 heterocycles. The van der Waals surface area contributed by atoms with Crippen LogP contribution in [0.1, 0.15) is 43.0 Å². The molecule has 0 aliphatic heterocycles. The fourth-order valence-electron chi connectivity index (χ4n) is 3.99. The molecule has 0 bridgehead atoms. The molecule has 0 saturated heterocycles. The summed E-state index contributed by atoms with van der Waals surface area (Å²) in [6.45, 7) is 2.98. The van der Waals surface area contributed by atoms with Crippen molar-refractivity contribution in [3.05, 3.63) is 86.3 Å². The minimum absolute atomic E-state index is 0. The number of aromatic nitrogens is 4. The maximum Gasteiger partial charge on any atom is 1.00 e. The van der Waals surface area contributed by atoms with Gasteiger partial charge in [0.25, 0.3) is 11.5 Å². The number of benzene rings is 2. The van der Waals surface area contributed by atoms with Crippen molar-refractivity contribution in [3.8, 4) is 11.1 Å². The van der Waals surface area contributed by atoms with Gasteiger partial charge in [-0.15, -0.1) is 0 Å². The van der Waals surface area contributed by atoms with Crippen LogP contribution >= 0.6 is 11.6 Å². The monoisotopic (exact) mass is 515 g/mol. The standard InChI is InChI=1S/C26H28ClN5O3.Na/c1-2-3-7-16-31-22-21(29-25(27)30-22)24(34)32(26(31)35)17-8-15-28-23(33)20-13-11-19(12-14-20)18-9-5-4-6-10-18;/h4-6,9-14H,2-3,7-8,15-17H2,1H3,(H2,28,29,30,33,34);/q;+1/p-1. The van der Waals surface area contributed by atoms with Crippen molar-refractivity contribution in [2.24, 2.45) is 0 Å². The molecule has 0 unspecified atom stereocenters. The Labute approximate surface area is 236 Å². The Morgan fingerprint density at radius 3 is 2.31 bits per heavy atom. The van der Waals surface area contributed by atoms with Gasteiger partial charge in [-0.25, -0.2) is 4.79 Å². The summed E-state index contributed by atoms with van der Waals surface area (Å²) in [5.74, 6) is -0.210. The van der Waals surface area contributed by atoms with Crippen molar-refractivity contribution < 1.29 is 34.4 Å². The van der Waals surface area contributed by atoms with E-state index < -0.39 is 11.2 Å². The van der Waals surface area contributed by atoms with Crippen molar-refractivity contribution in [1.82, 2.24) is 24.4 Å². The van der Waals surface area contributed by atoms with E-state index in [-0.39, 0.29) is 58.5 Å². The zero-order valence-corrected chi connectivity index (χ0v) is 23.3. The van der Waals surface area contributed by atoms with Gasteiger partial charge in [-0.2, -0.15) is 0 Å². The second kappa shape index (κ2) is 13.1. The van der Waals surface area contributed by atoms with Crippen LogP contribution in [0.5, 0.6) is 0 Å². The van der Waals surface area contributed by atoms with E-state index in [9.17, 15) is 14.4 Å². The number of hydrogen-bond donors (Lipinski definition) is 1. The Bertz CT molecular complexity index is 1430. The van der Waals surface area contributed by atoms with E-state index in [1.54, 1.807) is 12.1 Å². The Morgan fingerprint density at radius 2 is 1.61 bits per heavy atom. The first-order valence-electron chi connectivity index (χ1n) is 11.8. The predicted molar refractivity (Wildman–Crippen MR) is 137 cm³/mol. The third-order valence-corrected chi connectivity index (χ3v) is 6.03. The van der Waals surface area contributed by atoms with E-state index in [2.05, 4.69) is 22.2 Å². The van der Waals surface area contributed by atoms with Gasteiger partial charge < -0.3 is 15.3 Å². The Hall–Kier alpha value is -2.65. The molecule has 0 aliphatic carbocycles. The Kier molecular flexibility index (Phi) is 10.1. The number of hydrogen-bond acceptors (Lipinski definition) is 4. The molecule has 0 fully saturated rings. The molecule has 0 spiro atoms.